The summed E-state index contributed by atoms with van der Waals surface area (Å²) in [6, 6.07) is 20.3. The van der Waals surface area contributed by atoms with Crippen molar-refractivity contribution in [2.75, 3.05) is 31.2 Å². The normalized spacial score (nSPS) is 17.4. The van der Waals surface area contributed by atoms with Crippen molar-refractivity contribution >= 4 is 11.6 Å². The van der Waals surface area contributed by atoms with Crippen molar-refractivity contribution in [3.63, 3.8) is 0 Å². The van der Waals surface area contributed by atoms with Crippen LogP contribution in [0.3, 0.4) is 0 Å². The summed E-state index contributed by atoms with van der Waals surface area (Å²) in [5.41, 5.74) is 2.19. The van der Waals surface area contributed by atoms with Crippen LogP contribution in [0.4, 0.5) is 5.69 Å². The fourth-order valence-electron chi connectivity index (χ4n) is 2.96. The fourth-order valence-corrected chi connectivity index (χ4v) is 2.96. The van der Waals surface area contributed by atoms with Gasteiger partial charge in [0.1, 0.15) is 0 Å². The monoisotopic (exact) mass is 324 g/mol. The Balaban J connectivity index is 1.68. The Labute approximate surface area is 143 Å². The Morgan fingerprint density at radius 1 is 1.08 bits per heavy atom. The van der Waals surface area contributed by atoms with Crippen LogP contribution in [0.1, 0.15) is 12.0 Å². The second kappa shape index (κ2) is 8.62. The van der Waals surface area contributed by atoms with Crippen molar-refractivity contribution in [1.29, 1.82) is 0 Å². The standard InChI is InChI=1S/C20H24N2O2/c23-20(15-18-16-24-14-12-21-18)22(19-9-5-2-6-10-19)13-11-17-7-3-1-4-8-17/h1-10,18,21H,11-16H2. The SMILES string of the molecule is O=C(CC1COCCN1)N(CCc1ccccc1)c1ccccc1. The molecular weight excluding hydrogens is 300 g/mol. The third-order valence-corrected chi connectivity index (χ3v) is 4.26. The number of carbonyl (C=O) groups excluding carboxylic acids is 1. The highest BCUT2D eigenvalue weighted by Gasteiger charge is 2.22. The first-order valence-corrected chi connectivity index (χ1v) is 8.53. The largest absolute Gasteiger partial charge is 0.378 e. The van der Waals surface area contributed by atoms with Crippen LogP contribution in [0.25, 0.3) is 0 Å². The van der Waals surface area contributed by atoms with Crippen LogP contribution in [0.5, 0.6) is 0 Å². The van der Waals surface area contributed by atoms with Gasteiger partial charge in [-0.2, -0.15) is 0 Å². The highest BCUT2D eigenvalue weighted by molar-refractivity contribution is 5.93. The molecule has 1 N–H and O–H groups in total. The molecule has 24 heavy (non-hydrogen) atoms. The minimum Gasteiger partial charge on any atom is -0.378 e. The van der Waals surface area contributed by atoms with Gasteiger partial charge in [0, 0.05) is 31.2 Å². The minimum atomic E-state index is 0.106. The summed E-state index contributed by atoms with van der Waals surface area (Å²) >= 11 is 0. The van der Waals surface area contributed by atoms with E-state index in [0.29, 0.717) is 19.6 Å². The topological polar surface area (TPSA) is 41.6 Å². The van der Waals surface area contributed by atoms with Gasteiger partial charge in [-0.25, -0.2) is 0 Å². The summed E-state index contributed by atoms with van der Waals surface area (Å²) in [7, 11) is 0. The maximum Gasteiger partial charge on any atom is 0.228 e. The molecular formula is C20H24N2O2. The van der Waals surface area contributed by atoms with Gasteiger partial charge in [0.2, 0.25) is 5.91 Å². The lowest BCUT2D eigenvalue weighted by atomic mass is 10.1. The van der Waals surface area contributed by atoms with Gasteiger partial charge >= 0.3 is 0 Å². The van der Waals surface area contributed by atoms with E-state index < -0.39 is 0 Å². The van der Waals surface area contributed by atoms with Crippen LogP contribution in [0.2, 0.25) is 0 Å². The molecule has 0 bridgehead atoms. The zero-order chi connectivity index (χ0) is 16.6. The quantitative estimate of drug-likeness (QED) is 0.888. The van der Waals surface area contributed by atoms with Gasteiger partial charge in [-0.1, -0.05) is 48.5 Å². The number of amides is 1. The summed E-state index contributed by atoms with van der Waals surface area (Å²) in [6.07, 6.45) is 1.31. The second-order valence-corrected chi connectivity index (χ2v) is 6.05. The summed E-state index contributed by atoms with van der Waals surface area (Å²) in [6.45, 7) is 2.82. The Kier molecular flexibility index (Phi) is 5.99. The van der Waals surface area contributed by atoms with Gasteiger partial charge < -0.3 is 15.0 Å². The lowest BCUT2D eigenvalue weighted by Gasteiger charge is -2.28. The van der Waals surface area contributed by atoms with Crippen LogP contribution in [-0.2, 0) is 16.0 Å². The number of nitrogens with one attached hydrogen (secondary N) is 1. The fraction of sp³-hybridized carbons (Fsp3) is 0.350. The number of hydrogen-bond donors (Lipinski definition) is 1. The van der Waals surface area contributed by atoms with E-state index in [9.17, 15) is 4.79 Å². The van der Waals surface area contributed by atoms with Crippen LogP contribution >= 0.6 is 0 Å². The van der Waals surface area contributed by atoms with Gasteiger partial charge in [-0.15, -0.1) is 0 Å². The van der Waals surface area contributed by atoms with Crippen LogP contribution in [0.15, 0.2) is 60.7 Å². The average Bonchev–Trinajstić information content (AvgIpc) is 2.64. The molecule has 1 amide bonds. The summed E-state index contributed by atoms with van der Waals surface area (Å²) in [4.78, 5) is 14.8. The van der Waals surface area contributed by atoms with Crippen molar-refractivity contribution in [2.24, 2.45) is 0 Å². The van der Waals surface area contributed by atoms with Crippen LogP contribution in [-0.4, -0.2) is 38.3 Å². The molecule has 0 spiro atoms. The highest BCUT2D eigenvalue weighted by atomic mass is 16.5. The maximum absolute atomic E-state index is 12.9. The van der Waals surface area contributed by atoms with Gasteiger partial charge in [-0.05, 0) is 24.1 Å². The predicted octanol–water partition coefficient (Wildman–Crippen LogP) is 2.64. The van der Waals surface area contributed by atoms with Crippen molar-refractivity contribution in [2.45, 2.75) is 18.9 Å². The van der Waals surface area contributed by atoms with Crippen molar-refractivity contribution in [3.8, 4) is 0 Å². The first kappa shape index (κ1) is 16.7. The van der Waals surface area contributed by atoms with E-state index in [1.807, 2.05) is 53.4 Å². The van der Waals surface area contributed by atoms with Gasteiger partial charge in [0.25, 0.3) is 0 Å². The zero-order valence-corrected chi connectivity index (χ0v) is 13.9. The predicted molar refractivity (Wildman–Crippen MR) is 96.2 cm³/mol. The van der Waals surface area contributed by atoms with E-state index in [0.717, 1.165) is 25.3 Å². The van der Waals surface area contributed by atoms with Gasteiger partial charge in [0.05, 0.1) is 13.2 Å². The Hall–Kier alpha value is -2.17. The number of ether oxygens (including phenoxy) is 1. The molecule has 1 aliphatic rings. The number of benzene rings is 2. The maximum atomic E-state index is 12.9. The second-order valence-electron chi connectivity index (χ2n) is 6.05. The lowest BCUT2D eigenvalue weighted by molar-refractivity contribution is -0.119. The summed E-state index contributed by atoms with van der Waals surface area (Å²) < 4.78 is 5.46. The number of anilines is 1. The molecule has 1 heterocycles. The van der Waals surface area contributed by atoms with E-state index in [1.54, 1.807) is 0 Å². The number of nitrogens with zero attached hydrogens (tertiary/aromatic N) is 1. The molecule has 2 aromatic carbocycles. The van der Waals surface area contributed by atoms with Crippen molar-refractivity contribution in [1.82, 2.24) is 5.32 Å². The third kappa shape index (κ3) is 4.66. The van der Waals surface area contributed by atoms with E-state index in [4.69, 9.17) is 4.74 Å². The van der Waals surface area contributed by atoms with Crippen molar-refractivity contribution < 1.29 is 9.53 Å². The van der Waals surface area contributed by atoms with Crippen molar-refractivity contribution in [3.05, 3.63) is 66.2 Å². The molecule has 0 aliphatic carbocycles. The number of hydrogen-bond acceptors (Lipinski definition) is 3. The molecule has 3 rings (SSSR count). The summed E-state index contributed by atoms with van der Waals surface area (Å²) in [5.74, 6) is 0.139. The molecule has 1 saturated heterocycles. The number of rotatable bonds is 6. The summed E-state index contributed by atoms with van der Waals surface area (Å²) in [5, 5.41) is 3.36. The van der Waals surface area contributed by atoms with E-state index in [1.165, 1.54) is 5.56 Å². The molecule has 4 heteroatoms. The molecule has 1 fully saturated rings. The number of carbonyl (C=O) groups is 1. The van der Waals surface area contributed by atoms with E-state index >= 15 is 0 Å². The van der Waals surface area contributed by atoms with E-state index in [-0.39, 0.29) is 11.9 Å². The third-order valence-electron chi connectivity index (χ3n) is 4.26. The molecule has 4 nitrogen and oxygen atoms in total. The number of morpholine rings is 1. The minimum absolute atomic E-state index is 0.106. The van der Waals surface area contributed by atoms with Gasteiger partial charge in [-0.3, -0.25) is 4.79 Å². The molecule has 126 valence electrons. The smallest absolute Gasteiger partial charge is 0.228 e. The average molecular weight is 324 g/mol. The molecule has 0 radical (unpaired) electrons. The molecule has 0 aromatic heterocycles. The molecule has 0 saturated carbocycles. The van der Waals surface area contributed by atoms with Crippen LogP contribution < -0.4 is 10.2 Å². The van der Waals surface area contributed by atoms with Crippen LogP contribution in [0, 0.1) is 0 Å². The van der Waals surface area contributed by atoms with E-state index in [2.05, 4.69) is 17.4 Å². The highest BCUT2D eigenvalue weighted by Crippen LogP contribution is 2.17. The number of para-hydroxylation sites is 1. The van der Waals surface area contributed by atoms with Gasteiger partial charge in [0.15, 0.2) is 0 Å². The molecule has 2 aromatic rings. The molecule has 1 atom stereocenters. The Morgan fingerprint density at radius 3 is 2.46 bits per heavy atom. The molecule has 1 aliphatic heterocycles. The molecule has 1 unspecified atom stereocenters. The Morgan fingerprint density at radius 2 is 1.79 bits per heavy atom. The first-order valence-electron chi connectivity index (χ1n) is 8.53. The zero-order valence-electron chi connectivity index (χ0n) is 13.9. The lowest BCUT2D eigenvalue weighted by Crippen LogP contribution is -2.45. The Bertz CT molecular complexity index is 625. The first-order chi connectivity index (χ1) is 11.8.